The molecule has 118 valence electrons. The van der Waals surface area contributed by atoms with Crippen LogP contribution >= 0.6 is 28.3 Å². The summed E-state index contributed by atoms with van der Waals surface area (Å²) in [5.74, 6) is 2.34. The number of benzene rings is 1. The summed E-state index contributed by atoms with van der Waals surface area (Å²) in [6, 6.07) is 4.12. The fourth-order valence-corrected chi connectivity index (χ4v) is 3.40. The lowest BCUT2D eigenvalue weighted by molar-refractivity contribution is 0.165. The Bertz CT molecular complexity index is 487. The van der Waals surface area contributed by atoms with Gasteiger partial charge in [-0.2, -0.15) is 0 Å². The molecule has 1 atom stereocenters. The first-order valence-corrected chi connectivity index (χ1v) is 8.06. The van der Waals surface area contributed by atoms with Gasteiger partial charge in [-0.25, -0.2) is 0 Å². The zero-order chi connectivity index (χ0) is 13.9. The molecule has 2 N–H and O–H groups in total. The molecule has 4 nitrogen and oxygen atoms in total. The highest BCUT2D eigenvalue weighted by Crippen LogP contribution is 2.36. The molecule has 0 saturated carbocycles. The van der Waals surface area contributed by atoms with Gasteiger partial charge in [0.05, 0.1) is 0 Å². The summed E-state index contributed by atoms with van der Waals surface area (Å²) < 4.78 is 12.4. The highest BCUT2D eigenvalue weighted by molar-refractivity contribution is 9.10. The summed E-state index contributed by atoms with van der Waals surface area (Å²) >= 11 is 3.65. The average Bonchev–Trinajstić information content (AvgIpc) is 2.48. The van der Waals surface area contributed by atoms with Gasteiger partial charge in [0, 0.05) is 17.6 Å². The lowest BCUT2D eigenvalue weighted by atomic mass is 9.98. The van der Waals surface area contributed by atoms with E-state index in [0.717, 1.165) is 42.2 Å². The van der Waals surface area contributed by atoms with Crippen molar-refractivity contribution in [2.45, 2.75) is 19.4 Å². The van der Waals surface area contributed by atoms with E-state index in [1.54, 1.807) is 0 Å². The number of likely N-dealkylation sites (tertiary alicyclic amines) is 1. The number of nitrogens with two attached hydrogens (primary N) is 1. The standard InChI is InChI=1S/C15H21BrN2O2.ClH/c16-13-7-15-14(19-4-5-20-15)6-12(13)10-18-3-1-2-11(8-17)9-18;/h6-7,11H,1-5,8-10,17H2;1H. The molecule has 0 spiro atoms. The van der Waals surface area contributed by atoms with Crippen molar-refractivity contribution >= 4 is 28.3 Å². The average molecular weight is 378 g/mol. The Balaban J connectivity index is 0.00000161. The summed E-state index contributed by atoms with van der Waals surface area (Å²) in [7, 11) is 0. The van der Waals surface area contributed by atoms with Crippen molar-refractivity contribution < 1.29 is 9.47 Å². The van der Waals surface area contributed by atoms with Crippen molar-refractivity contribution in [2.75, 3.05) is 32.8 Å². The first-order chi connectivity index (χ1) is 9.76. The van der Waals surface area contributed by atoms with Gasteiger partial charge >= 0.3 is 0 Å². The third-order valence-corrected chi connectivity index (χ3v) is 4.78. The maximum absolute atomic E-state index is 5.81. The van der Waals surface area contributed by atoms with E-state index in [9.17, 15) is 0 Å². The Hall–Kier alpha value is -0.490. The number of fused-ring (bicyclic) bond motifs is 1. The van der Waals surface area contributed by atoms with Gasteiger partial charge in [-0.1, -0.05) is 15.9 Å². The van der Waals surface area contributed by atoms with Crippen LogP contribution in [0.25, 0.3) is 0 Å². The molecule has 2 heterocycles. The number of halogens is 2. The largest absolute Gasteiger partial charge is 0.486 e. The predicted molar refractivity (Wildman–Crippen MR) is 89.4 cm³/mol. The quantitative estimate of drug-likeness (QED) is 0.880. The number of rotatable bonds is 3. The normalized spacial score (nSPS) is 21.7. The van der Waals surface area contributed by atoms with Crippen LogP contribution in [0.2, 0.25) is 0 Å². The van der Waals surface area contributed by atoms with E-state index >= 15 is 0 Å². The lowest BCUT2D eigenvalue weighted by Crippen LogP contribution is -2.37. The predicted octanol–water partition coefficient (Wildman–Crippen LogP) is 2.81. The van der Waals surface area contributed by atoms with Gasteiger partial charge in [-0.15, -0.1) is 12.4 Å². The Morgan fingerprint density at radius 3 is 2.67 bits per heavy atom. The maximum atomic E-state index is 5.81. The van der Waals surface area contributed by atoms with Gasteiger partial charge in [-0.3, -0.25) is 4.90 Å². The van der Waals surface area contributed by atoms with Gasteiger partial charge in [-0.05, 0) is 49.5 Å². The van der Waals surface area contributed by atoms with Crippen LogP contribution in [-0.4, -0.2) is 37.7 Å². The number of nitrogens with zero attached hydrogens (tertiary/aromatic N) is 1. The topological polar surface area (TPSA) is 47.7 Å². The van der Waals surface area contributed by atoms with E-state index in [1.807, 2.05) is 6.07 Å². The van der Waals surface area contributed by atoms with Gasteiger partial charge in [0.1, 0.15) is 13.2 Å². The van der Waals surface area contributed by atoms with Crippen LogP contribution in [-0.2, 0) is 6.54 Å². The molecular formula is C15H22BrClN2O2. The summed E-state index contributed by atoms with van der Waals surface area (Å²) in [4.78, 5) is 2.48. The first-order valence-electron chi connectivity index (χ1n) is 7.26. The van der Waals surface area contributed by atoms with E-state index in [-0.39, 0.29) is 12.4 Å². The second-order valence-corrected chi connectivity index (χ2v) is 6.42. The Labute approximate surface area is 140 Å². The van der Waals surface area contributed by atoms with Crippen molar-refractivity contribution in [3.8, 4) is 11.5 Å². The second kappa shape index (κ2) is 7.68. The van der Waals surface area contributed by atoms with E-state index in [2.05, 4.69) is 26.9 Å². The third-order valence-electron chi connectivity index (χ3n) is 4.04. The third kappa shape index (κ3) is 4.03. The van der Waals surface area contributed by atoms with Crippen molar-refractivity contribution in [2.24, 2.45) is 11.7 Å². The summed E-state index contributed by atoms with van der Waals surface area (Å²) in [6.45, 7) is 5.23. The van der Waals surface area contributed by atoms with Gasteiger partial charge in [0.25, 0.3) is 0 Å². The second-order valence-electron chi connectivity index (χ2n) is 5.57. The zero-order valence-corrected chi connectivity index (χ0v) is 14.4. The van der Waals surface area contributed by atoms with Gasteiger partial charge < -0.3 is 15.2 Å². The molecule has 1 fully saturated rings. The van der Waals surface area contributed by atoms with Crippen LogP contribution in [0.3, 0.4) is 0 Å². The van der Waals surface area contributed by atoms with Gasteiger partial charge in [0.15, 0.2) is 11.5 Å². The monoisotopic (exact) mass is 376 g/mol. The summed E-state index contributed by atoms with van der Waals surface area (Å²) in [6.07, 6.45) is 2.50. The molecule has 1 saturated heterocycles. The number of ether oxygens (including phenoxy) is 2. The molecule has 1 aromatic rings. The van der Waals surface area contributed by atoms with Crippen LogP contribution in [0.1, 0.15) is 18.4 Å². The van der Waals surface area contributed by atoms with Crippen molar-refractivity contribution in [1.29, 1.82) is 0 Å². The first kappa shape index (κ1) is 16.9. The highest BCUT2D eigenvalue weighted by Gasteiger charge is 2.21. The number of piperidine rings is 1. The molecule has 0 aliphatic carbocycles. The van der Waals surface area contributed by atoms with Crippen molar-refractivity contribution in [1.82, 2.24) is 4.90 Å². The van der Waals surface area contributed by atoms with E-state index in [4.69, 9.17) is 15.2 Å². The van der Waals surface area contributed by atoms with Crippen LogP contribution in [0, 0.1) is 5.92 Å². The van der Waals surface area contributed by atoms with Gasteiger partial charge in [0.2, 0.25) is 0 Å². The minimum absolute atomic E-state index is 0. The minimum atomic E-state index is 0. The molecule has 2 aliphatic heterocycles. The summed E-state index contributed by atoms with van der Waals surface area (Å²) in [5.41, 5.74) is 7.06. The molecule has 0 bridgehead atoms. The van der Waals surface area contributed by atoms with Crippen LogP contribution in [0.5, 0.6) is 11.5 Å². The molecule has 21 heavy (non-hydrogen) atoms. The fraction of sp³-hybridized carbons (Fsp3) is 0.600. The molecule has 0 radical (unpaired) electrons. The zero-order valence-electron chi connectivity index (χ0n) is 12.0. The molecular weight excluding hydrogens is 356 g/mol. The Morgan fingerprint density at radius 1 is 1.24 bits per heavy atom. The lowest BCUT2D eigenvalue weighted by Gasteiger charge is -2.32. The SMILES string of the molecule is Cl.NCC1CCCN(Cc2cc3c(cc2Br)OCCO3)C1. The van der Waals surface area contributed by atoms with Crippen molar-refractivity contribution in [3.05, 3.63) is 22.2 Å². The van der Waals surface area contributed by atoms with E-state index in [0.29, 0.717) is 19.1 Å². The van der Waals surface area contributed by atoms with Crippen LogP contribution < -0.4 is 15.2 Å². The fourth-order valence-electron chi connectivity index (χ4n) is 2.96. The molecule has 6 heteroatoms. The number of hydrogen-bond acceptors (Lipinski definition) is 4. The van der Waals surface area contributed by atoms with Crippen LogP contribution in [0.4, 0.5) is 0 Å². The van der Waals surface area contributed by atoms with Crippen LogP contribution in [0.15, 0.2) is 16.6 Å². The van der Waals surface area contributed by atoms with E-state index < -0.39 is 0 Å². The molecule has 0 aromatic heterocycles. The molecule has 0 amide bonds. The maximum Gasteiger partial charge on any atom is 0.162 e. The summed E-state index contributed by atoms with van der Waals surface area (Å²) in [5, 5.41) is 0. The molecule has 2 aliphatic rings. The van der Waals surface area contributed by atoms with Crippen molar-refractivity contribution in [3.63, 3.8) is 0 Å². The minimum Gasteiger partial charge on any atom is -0.486 e. The highest BCUT2D eigenvalue weighted by atomic mass is 79.9. The molecule has 1 unspecified atom stereocenters. The smallest absolute Gasteiger partial charge is 0.162 e. The molecule has 3 rings (SSSR count). The number of hydrogen-bond donors (Lipinski definition) is 1. The Morgan fingerprint density at radius 2 is 1.95 bits per heavy atom. The Kier molecular flexibility index (Phi) is 6.17. The van der Waals surface area contributed by atoms with E-state index in [1.165, 1.54) is 18.4 Å². The molecule has 1 aromatic carbocycles.